The minimum atomic E-state index is -0.923. The van der Waals surface area contributed by atoms with E-state index >= 15 is 0 Å². The molecule has 0 bridgehead atoms. The number of nitrogens with one attached hydrogen (secondary N) is 1. The van der Waals surface area contributed by atoms with Crippen LogP contribution in [0.5, 0.6) is 5.75 Å². The number of anilines is 1. The molecule has 120 valence electrons. The van der Waals surface area contributed by atoms with Crippen molar-refractivity contribution in [3.8, 4) is 5.75 Å². The average Bonchev–Trinajstić information content (AvgIpc) is 3.08. The number of halogens is 1. The van der Waals surface area contributed by atoms with E-state index in [1.807, 2.05) is 0 Å². The van der Waals surface area contributed by atoms with Gasteiger partial charge in [-0.25, -0.2) is 0 Å². The van der Waals surface area contributed by atoms with Crippen LogP contribution in [0.3, 0.4) is 0 Å². The summed E-state index contributed by atoms with van der Waals surface area (Å²) in [5.41, 5.74) is -0.461. The van der Waals surface area contributed by atoms with E-state index in [2.05, 4.69) is 5.32 Å². The lowest BCUT2D eigenvalue weighted by atomic mass is 10.2. The van der Waals surface area contributed by atoms with Crippen molar-refractivity contribution in [2.24, 2.45) is 0 Å². The lowest BCUT2D eigenvalue weighted by Crippen LogP contribution is -2.28. The molecule has 1 saturated heterocycles. The summed E-state index contributed by atoms with van der Waals surface area (Å²) >= 11 is 0. The average molecular weight is 312 g/mol. The van der Waals surface area contributed by atoms with Gasteiger partial charge in [-0.1, -0.05) is 0 Å². The fourth-order valence-electron chi connectivity index (χ4n) is 3.06. The van der Waals surface area contributed by atoms with Crippen LogP contribution < -0.4 is 10.1 Å². The topological polar surface area (TPSA) is 82.9 Å². The van der Waals surface area contributed by atoms with Gasteiger partial charge in [0.25, 0.3) is 0 Å². The van der Waals surface area contributed by atoms with Gasteiger partial charge in [0.2, 0.25) is 5.82 Å². The van der Waals surface area contributed by atoms with Crippen LogP contribution >= 0.6 is 0 Å². The molecule has 0 aromatic heterocycles. The summed E-state index contributed by atoms with van der Waals surface area (Å²) < 4.78 is 30.1. The molecule has 1 aromatic carbocycles. The molecule has 0 radical (unpaired) electrons. The van der Waals surface area contributed by atoms with Gasteiger partial charge in [-0.2, -0.15) is 4.39 Å². The first-order chi connectivity index (χ1) is 10.5. The minimum absolute atomic E-state index is 0.0803. The number of rotatable bonds is 4. The quantitative estimate of drug-likeness (QED) is 0.679. The molecule has 1 heterocycles. The highest BCUT2D eigenvalue weighted by atomic mass is 19.1. The number of nitrogens with zero attached hydrogens (tertiary/aromatic N) is 1. The van der Waals surface area contributed by atoms with E-state index in [1.165, 1.54) is 13.2 Å². The Balaban J connectivity index is 1.82. The van der Waals surface area contributed by atoms with Crippen molar-refractivity contribution >= 4 is 11.4 Å². The Morgan fingerprint density at radius 1 is 1.45 bits per heavy atom. The summed E-state index contributed by atoms with van der Waals surface area (Å²) in [6.07, 6.45) is 2.02. The number of methoxy groups -OCH3 is 1. The number of nitro benzene ring substituents is 1. The number of hydrogen-bond acceptors (Lipinski definition) is 6. The molecule has 2 fully saturated rings. The predicted molar refractivity (Wildman–Crippen MR) is 75.5 cm³/mol. The van der Waals surface area contributed by atoms with Crippen molar-refractivity contribution in [2.45, 2.75) is 31.1 Å². The van der Waals surface area contributed by atoms with Crippen LogP contribution in [0, 0.1) is 15.9 Å². The van der Waals surface area contributed by atoms with Gasteiger partial charge in [0.05, 0.1) is 25.2 Å². The molecular weight excluding hydrogens is 295 g/mol. The summed E-state index contributed by atoms with van der Waals surface area (Å²) in [6.45, 7) is 1.11. The zero-order valence-electron chi connectivity index (χ0n) is 12.1. The van der Waals surface area contributed by atoms with Crippen LogP contribution in [-0.4, -0.2) is 37.1 Å². The van der Waals surface area contributed by atoms with Crippen LogP contribution in [0.25, 0.3) is 0 Å². The Morgan fingerprint density at radius 3 is 2.82 bits per heavy atom. The second-order valence-electron chi connectivity index (χ2n) is 5.45. The van der Waals surface area contributed by atoms with Gasteiger partial charge in [-0.15, -0.1) is 0 Å². The van der Waals surface area contributed by atoms with Crippen LogP contribution in [0.4, 0.5) is 15.8 Å². The molecule has 1 unspecified atom stereocenters. The normalized spacial score (nSPS) is 22.9. The van der Waals surface area contributed by atoms with E-state index < -0.39 is 22.2 Å². The van der Waals surface area contributed by atoms with E-state index in [-0.39, 0.29) is 17.5 Å². The summed E-state index contributed by atoms with van der Waals surface area (Å²) in [4.78, 5) is 10.4. The second-order valence-corrected chi connectivity index (χ2v) is 5.45. The zero-order valence-corrected chi connectivity index (χ0v) is 12.1. The molecule has 2 aliphatic rings. The molecule has 8 heteroatoms. The van der Waals surface area contributed by atoms with E-state index in [0.29, 0.717) is 26.1 Å². The van der Waals surface area contributed by atoms with Gasteiger partial charge in [0, 0.05) is 31.0 Å². The van der Waals surface area contributed by atoms with E-state index in [0.717, 1.165) is 12.5 Å². The van der Waals surface area contributed by atoms with Crippen molar-refractivity contribution in [3.05, 3.63) is 28.1 Å². The molecule has 1 aliphatic carbocycles. The van der Waals surface area contributed by atoms with Crippen molar-refractivity contribution in [1.82, 2.24) is 0 Å². The lowest BCUT2D eigenvalue weighted by Gasteiger charge is -2.22. The molecule has 1 spiro atoms. The Bertz CT molecular complexity index is 589. The summed E-state index contributed by atoms with van der Waals surface area (Å²) in [6, 6.07) is 2.36. The van der Waals surface area contributed by atoms with Crippen LogP contribution in [0.2, 0.25) is 0 Å². The number of nitro groups is 1. The number of ether oxygens (including phenoxy) is 3. The Labute approximate surface area is 126 Å². The Morgan fingerprint density at radius 2 is 2.18 bits per heavy atom. The molecule has 1 aliphatic heterocycles. The molecule has 1 aromatic rings. The van der Waals surface area contributed by atoms with E-state index in [4.69, 9.17) is 14.2 Å². The first-order valence-electron chi connectivity index (χ1n) is 7.09. The van der Waals surface area contributed by atoms with Gasteiger partial charge in [-0.3, -0.25) is 10.1 Å². The molecule has 3 rings (SSSR count). The Kier molecular flexibility index (Phi) is 3.88. The number of hydrogen-bond donors (Lipinski definition) is 1. The standard InChI is InChI=1S/C14H17FN2O5/c1-20-10-6-11(15)13(17(18)19)12(7-10)16-9-2-3-14(8-9)21-4-5-22-14/h6-7,9,16H,2-5,8H2,1H3. The third kappa shape index (κ3) is 2.71. The molecule has 7 nitrogen and oxygen atoms in total. The van der Waals surface area contributed by atoms with E-state index in [9.17, 15) is 14.5 Å². The second kappa shape index (κ2) is 5.69. The van der Waals surface area contributed by atoms with Gasteiger partial charge < -0.3 is 19.5 Å². The SMILES string of the molecule is COc1cc(F)c([N+](=O)[O-])c(NC2CCC3(C2)OCCO3)c1. The lowest BCUT2D eigenvalue weighted by molar-refractivity contribution is -0.386. The Hall–Kier alpha value is -1.93. The van der Waals surface area contributed by atoms with Crippen molar-refractivity contribution < 1.29 is 23.5 Å². The van der Waals surface area contributed by atoms with Gasteiger partial charge in [-0.05, 0) is 6.42 Å². The highest BCUT2D eigenvalue weighted by Crippen LogP contribution is 2.40. The number of benzene rings is 1. The molecular formula is C14H17FN2O5. The van der Waals surface area contributed by atoms with Crippen LogP contribution in [0.15, 0.2) is 12.1 Å². The smallest absolute Gasteiger partial charge is 0.327 e. The molecule has 0 amide bonds. The first kappa shape index (κ1) is 15.0. The maximum absolute atomic E-state index is 13.9. The molecule has 1 N–H and O–H groups in total. The van der Waals surface area contributed by atoms with Crippen molar-refractivity contribution in [1.29, 1.82) is 0 Å². The highest BCUT2D eigenvalue weighted by molar-refractivity contribution is 5.65. The zero-order chi connectivity index (χ0) is 15.7. The largest absolute Gasteiger partial charge is 0.497 e. The summed E-state index contributed by atoms with van der Waals surface area (Å²) in [5.74, 6) is -1.29. The van der Waals surface area contributed by atoms with Gasteiger partial charge in [0.1, 0.15) is 11.4 Å². The fraction of sp³-hybridized carbons (Fsp3) is 0.571. The maximum atomic E-state index is 13.9. The minimum Gasteiger partial charge on any atom is -0.497 e. The van der Waals surface area contributed by atoms with Gasteiger partial charge in [0.15, 0.2) is 5.79 Å². The van der Waals surface area contributed by atoms with Crippen molar-refractivity contribution in [3.63, 3.8) is 0 Å². The first-order valence-corrected chi connectivity index (χ1v) is 7.09. The van der Waals surface area contributed by atoms with Crippen LogP contribution in [0.1, 0.15) is 19.3 Å². The maximum Gasteiger partial charge on any atom is 0.327 e. The van der Waals surface area contributed by atoms with Gasteiger partial charge >= 0.3 is 5.69 Å². The van der Waals surface area contributed by atoms with Crippen LogP contribution in [-0.2, 0) is 9.47 Å². The summed E-state index contributed by atoms with van der Waals surface area (Å²) in [7, 11) is 1.38. The molecule has 1 saturated carbocycles. The third-order valence-corrected chi connectivity index (χ3v) is 4.06. The predicted octanol–water partition coefficient (Wildman–Crippen LogP) is 2.45. The third-order valence-electron chi connectivity index (χ3n) is 4.06. The highest BCUT2D eigenvalue weighted by Gasteiger charge is 2.44. The molecule has 1 atom stereocenters. The fourth-order valence-corrected chi connectivity index (χ4v) is 3.06. The van der Waals surface area contributed by atoms with Crippen molar-refractivity contribution in [2.75, 3.05) is 25.6 Å². The summed E-state index contributed by atoms with van der Waals surface area (Å²) in [5, 5.41) is 14.1. The van der Waals surface area contributed by atoms with E-state index in [1.54, 1.807) is 0 Å². The molecule has 22 heavy (non-hydrogen) atoms. The monoisotopic (exact) mass is 312 g/mol.